The van der Waals surface area contributed by atoms with Crippen LogP contribution in [0.25, 0.3) is 0 Å². The van der Waals surface area contributed by atoms with E-state index in [-0.39, 0.29) is 5.41 Å². The minimum Gasteiger partial charge on any atom is -0.378 e. The Balaban J connectivity index is 1.76. The predicted molar refractivity (Wildman–Crippen MR) is 98.7 cm³/mol. The van der Waals surface area contributed by atoms with Crippen molar-refractivity contribution in [2.45, 2.75) is 45.6 Å². The predicted octanol–water partition coefficient (Wildman–Crippen LogP) is 2.72. The molecule has 1 atom stereocenters. The van der Waals surface area contributed by atoms with Gasteiger partial charge in [-0.3, -0.25) is 4.68 Å². The van der Waals surface area contributed by atoms with E-state index in [1.807, 2.05) is 17.9 Å². The SMILES string of the molecule is COCc1cc(N2CC[C@H](Cc3cnn(C)c3)C2)nc(C(C)(C)C)n1. The smallest absolute Gasteiger partial charge is 0.136 e. The highest BCUT2D eigenvalue weighted by Gasteiger charge is 2.26. The molecule has 3 heterocycles. The van der Waals surface area contributed by atoms with Crippen molar-refractivity contribution in [2.75, 3.05) is 25.1 Å². The summed E-state index contributed by atoms with van der Waals surface area (Å²) < 4.78 is 7.17. The van der Waals surface area contributed by atoms with Crippen LogP contribution in [0.3, 0.4) is 0 Å². The molecule has 0 aliphatic carbocycles. The van der Waals surface area contributed by atoms with Gasteiger partial charge in [-0.05, 0) is 24.3 Å². The van der Waals surface area contributed by atoms with Crippen LogP contribution in [0.15, 0.2) is 18.5 Å². The van der Waals surface area contributed by atoms with Gasteiger partial charge in [0.25, 0.3) is 0 Å². The quantitative estimate of drug-likeness (QED) is 0.835. The number of hydrogen-bond donors (Lipinski definition) is 0. The molecule has 0 unspecified atom stereocenters. The number of rotatable bonds is 5. The number of hydrogen-bond acceptors (Lipinski definition) is 5. The molecule has 6 heteroatoms. The number of aryl methyl sites for hydroxylation is 1. The summed E-state index contributed by atoms with van der Waals surface area (Å²) in [5.74, 6) is 2.55. The molecular weight excluding hydrogens is 314 g/mol. The summed E-state index contributed by atoms with van der Waals surface area (Å²) in [6.45, 7) is 9.04. The van der Waals surface area contributed by atoms with Gasteiger partial charge in [-0.15, -0.1) is 0 Å². The maximum absolute atomic E-state index is 5.30. The monoisotopic (exact) mass is 343 g/mol. The van der Waals surface area contributed by atoms with E-state index in [1.54, 1.807) is 7.11 Å². The molecule has 2 aromatic heterocycles. The van der Waals surface area contributed by atoms with E-state index in [9.17, 15) is 0 Å². The lowest BCUT2D eigenvalue weighted by Gasteiger charge is -2.23. The van der Waals surface area contributed by atoms with Gasteiger partial charge < -0.3 is 9.64 Å². The second-order valence-corrected chi connectivity index (χ2v) is 8.05. The minimum absolute atomic E-state index is 0.0761. The Morgan fingerprint density at radius 1 is 1.28 bits per heavy atom. The van der Waals surface area contributed by atoms with Crippen LogP contribution >= 0.6 is 0 Å². The fourth-order valence-corrected chi connectivity index (χ4v) is 3.32. The van der Waals surface area contributed by atoms with Crippen molar-refractivity contribution in [3.63, 3.8) is 0 Å². The first kappa shape index (κ1) is 17.9. The van der Waals surface area contributed by atoms with E-state index < -0.39 is 0 Å². The van der Waals surface area contributed by atoms with Gasteiger partial charge in [0, 0.05) is 44.9 Å². The number of ether oxygens (including phenoxy) is 1. The van der Waals surface area contributed by atoms with Crippen molar-refractivity contribution in [2.24, 2.45) is 13.0 Å². The molecule has 1 fully saturated rings. The Morgan fingerprint density at radius 2 is 2.08 bits per heavy atom. The van der Waals surface area contributed by atoms with Gasteiger partial charge in [-0.2, -0.15) is 5.10 Å². The molecule has 0 spiro atoms. The summed E-state index contributed by atoms with van der Waals surface area (Å²) in [5, 5.41) is 4.28. The molecule has 1 aliphatic rings. The topological polar surface area (TPSA) is 56.1 Å². The van der Waals surface area contributed by atoms with Crippen LogP contribution in [0.1, 0.15) is 44.3 Å². The van der Waals surface area contributed by atoms with E-state index in [4.69, 9.17) is 9.72 Å². The van der Waals surface area contributed by atoms with Gasteiger partial charge in [0.1, 0.15) is 11.6 Å². The summed E-state index contributed by atoms with van der Waals surface area (Å²) in [7, 11) is 3.68. The van der Waals surface area contributed by atoms with Crippen LogP contribution in [-0.2, 0) is 30.2 Å². The van der Waals surface area contributed by atoms with E-state index in [2.05, 4.69) is 48.0 Å². The second-order valence-electron chi connectivity index (χ2n) is 8.05. The molecule has 2 aromatic rings. The van der Waals surface area contributed by atoms with Crippen LogP contribution in [0.5, 0.6) is 0 Å². The fraction of sp³-hybridized carbons (Fsp3) is 0.632. The molecule has 0 amide bonds. The molecule has 3 rings (SSSR count). The third kappa shape index (κ3) is 4.37. The first-order chi connectivity index (χ1) is 11.8. The zero-order valence-electron chi connectivity index (χ0n) is 16.0. The molecule has 0 bridgehead atoms. The lowest BCUT2D eigenvalue weighted by atomic mass is 9.95. The van der Waals surface area contributed by atoms with Gasteiger partial charge >= 0.3 is 0 Å². The lowest BCUT2D eigenvalue weighted by molar-refractivity contribution is 0.181. The summed E-state index contributed by atoms with van der Waals surface area (Å²) in [6.07, 6.45) is 6.35. The summed E-state index contributed by atoms with van der Waals surface area (Å²) in [4.78, 5) is 11.9. The average Bonchev–Trinajstić information content (AvgIpc) is 3.16. The third-order valence-corrected chi connectivity index (χ3v) is 4.62. The van der Waals surface area contributed by atoms with Crippen LogP contribution in [-0.4, -0.2) is 39.9 Å². The zero-order chi connectivity index (χ0) is 18.0. The summed E-state index contributed by atoms with van der Waals surface area (Å²) in [5.41, 5.74) is 2.19. The highest BCUT2D eigenvalue weighted by atomic mass is 16.5. The van der Waals surface area contributed by atoms with E-state index in [0.29, 0.717) is 12.5 Å². The Labute approximate surface area is 150 Å². The molecule has 0 saturated carbocycles. The molecule has 1 aliphatic heterocycles. The first-order valence-electron chi connectivity index (χ1n) is 8.95. The highest BCUT2D eigenvalue weighted by Crippen LogP contribution is 2.28. The van der Waals surface area contributed by atoms with Crippen molar-refractivity contribution < 1.29 is 4.74 Å². The van der Waals surface area contributed by atoms with Crippen molar-refractivity contribution in [3.05, 3.63) is 35.5 Å². The van der Waals surface area contributed by atoms with Gasteiger partial charge in [0.2, 0.25) is 0 Å². The van der Waals surface area contributed by atoms with E-state index in [0.717, 1.165) is 36.8 Å². The number of nitrogens with zero attached hydrogens (tertiary/aromatic N) is 5. The second kappa shape index (κ2) is 7.12. The molecule has 25 heavy (non-hydrogen) atoms. The summed E-state index contributed by atoms with van der Waals surface area (Å²) >= 11 is 0. The Hall–Kier alpha value is -1.95. The Morgan fingerprint density at radius 3 is 2.72 bits per heavy atom. The van der Waals surface area contributed by atoms with Crippen LogP contribution < -0.4 is 4.90 Å². The number of aromatic nitrogens is 4. The van der Waals surface area contributed by atoms with Gasteiger partial charge in [0.15, 0.2) is 0 Å². The van der Waals surface area contributed by atoms with Gasteiger partial charge in [-0.1, -0.05) is 20.8 Å². The van der Waals surface area contributed by atoms with Crippen molar-refractivity contribution in [1.82, 2.24) is 19.7 Å². The zero-order valence-corrected chi connectivity index (χ0v) is 16.0. The third-order valence-electron chi connectivity index (χ3n) is 4.62. The molecular formula is C19H29N5O. The Kier molecular flexibility index (Phi) is 5.08. The average molecular weight is 343 g/mol. The fourth-order valence-electron chi connectivity index (χ4n) is 3.32. The lowest BCUT2D eigenvalue weighted by Crippen LogP contribution is -2.25. The van der Waals surface area contributed by atoms with Gasteiger partial charge in [0.05, 0.1) is 18.5 Å². The Bertz CT molecular complexity index is 719. The minimum atomic E-state index is -0.0761. The van der Waals surface area contributed by atoms with E-state index >= 15 is 0 Å². The molecule has 6 nitrogen and oxygen atoms in total. The van der Waals surface area contributed by atoms with Crippen molar-refractivity contribution >= 4 is 5.82 Å². The van der Waals surface area contributed by atoms with Crippen LogP contribution in [0.2, 0.25) is 0 Å². The van der Waals surface area contributed by atoms with Crippen LogP contribution in [0, 0.1) is 5.92 Å². The summed E-state index contributed by atoms with van der Waals surface area (Å²) in [6, 6.07) is 2.07. The van der Waals surface area contributed by atoms with Crippen molar-refractivity contribution in [1.29, 1.82) is 0 Å². The number of anilines is 1. The molecule has 0 N–H and O–H groups in total. The first-order valence-corrected chi connectivity index (χ1v) is 8.95. The number of methoxy groups -OCH3 is 1. The normalized spacial score (nSPS) is 18.1. The highest BCUT2D eigenvalue weighted by molar-refractivity contribution is 5.42. The largest absolute Gasteiger partial charge is 0.378 e. The molecule has 1 saturated heterocycles. The standard InChI is InChI=1S/C19H29N5O/c1-19(2,3)18-21-16(13-25-5)9-17(22-18)24-7-6-14(12-24)8-15-10-20-23(4)11-15/h9-11,14H,6-8,12-13H2,1-5H3/t14-/m1/s1. The maximum atomic E-state index is 5.30. The maximum Gasteiger partial charge on any atom is 0.136 e. The molecule has 0 radical (unpaired) electrons. The molecule has 136 valence electrons. The van der Waals surface area contributed by atoms with Crippen molar-refractivity contribution in [3.8, 4) is 0 Å². The molecule has 0 aromatic carbocycles. The van der Waals surface area contributed by atoms with E-state index in [1.165, 1.54) is 12.0 Å². The van der Waals surface area contributed by atoms with Crippen LogP contribution in [0.4, 0.5) is 5.82 Å². The van der Waals surface area contributed by atoms with Gasteiger partial charge in [-0.25, -0.2) is 9.97 Å².